The number of carbonyl (C=O) groups is 2. The number of anilines is 2. The molecule has 0 unspecified atom stereocenters. The average molecular weight is 604 g/mol. The summed E-state index contributed by atoms with van der Waals surface area (Å²) in [5, 5.41) is 19.1. The number of ether oxygens (including phenoxy) is 1. The third-order valence-corrected chi connectivity index (χ3v) is 7.42. The predicted molar refractivity (Wildman–Crippen MR) is 154 cm³/mol. The van der Waals surface area contributed by atoms with Gasteiger partial charge in [-0.1, -0.05) is 24.2 Å². The van der Waals surface area contributed by atoms with Gasteiger partial charge in [0, 0.05) is 31.2 Å². The SMILES string of the molecule is Cc1noc(C)c1NC(=O)Nc1ccc2c(c1)C(=O)N([C@@H](C)CO)C[C@@H](C)[C@H](CN(C)Cc1ccc(C(F)(F)F)cc1)O2. The predicted octanol–water partition coefficient (Wildman–Crippen LogP) is 5.31. The van der Waals surface area contributed by atoms with E-state index in [9.17, 15) is 27.9 Å². The van der Waals surface area contributed by atoms with E-state index in [1.165, 1.54) is 18.2 Å². The largest absolute Gasteiger partial charge is 0.488 e. The van der Waals surface area contributed by atoms with Crippen molar-refractivity contribution in [1.82, 2.24) is 15.0 Å². The smallest absolute Gasteiger partial charge is 0.416 e. The number of rotatable bonds is 8. The highest BCUT2D eigenvalue weighted by Crippen LogP contribution is 2.32. The van der Waals surface area contributed by atoms with Crippen LogP contribution in [0, 0.1) is 19.8 Å². The van der Waals surface area contributed by atoms with E-state index in [2.05, 4.69) is 15.8 Å². The Kier molecular flexibility index (Phi) is 9.65. The number of halogens is 3. The number of urea groups is 1. The Bertz CT molecular complexity index is 1420. The second-order valence-electron chi connectivity index (χ2n) is 11.0. The second kappa shape index (κ2) is 13.0. The minimum atomic E-state index is -4.40. The van der Waals surface area contributed by atoms with Gasteiger partial charge in [0.25, 0.3) is 5.91 Å². The molecule has 2 aromatic carbocycles. The number of aromatic nitrogens is 1. The molecular formula is C30H36F3N5O5. The number of hydrogen-bond acceptors (Lipinski definition) is 7. The van der Waals surface area contributed by atoms with Crippen LogP contribution in [-0.4, -0.2) is 70.9 Å². The summed E-state index contributed by atoms with van der Waals surface area (Å²) in [6, 6.07) is 8.77. The summed E-state index contributed by atoms with van der Waals surface area (Å²) >= 11 is 0. The molecule has 3 amide bonds. The first-order valence-corrected chi connectivity index (χ1v) is 13.8. The van der Waals surface area contributed by atoms with Crippen LogP contribution >= 0.6 is 0 Å². The maximum atomic E-state index is 13.7. The molecule has 4 rings (SSSR count). The van der Waals surface area contributed by atoms with Gasteiger partial charge in [0.2, 0.25) is 0 Å². The van der Waals surface area contributed by atoms with Gasteiger partial charge in [-0.2, -0.15) is 13.2 Å². The van der Waals surface area contributed by atoms with Crippen LogP contribution in [0.1, 0.15) is 46.8 Å². The van der Waals surface area contributed by atoms with Crippen molar-refractivity contribution in [3.8, 4) is 5.75 Å². The number of aliphatic hydroxyl groups is 1. The van der Waals surface area contributed by atoms with Gasteiger partial charge in [0.05, 0.1) is 23.8 Å². The van der Waals surface area contributed by atoms with Crippen molar-refractivity contribution in [2.75, 3.05) is 37.4 Å². The third-order valence-electron chi connectivity index (χ3n) is 7.42. The first-order chi connectivity index (χ1) is 20.3. The van der Waals surface area contributed by atoms with Gasteiger partial charge in [0.1, 0.15) is 23.2 Å². The molecule has 13 heteroatoms. The lowest BCUT2D eigenvalue weighted by Gasteiger charge is -2.38. The quantitative estimate of drug-likeness (QED) is 0.319. The molecule has 0 fully saturated rings. The summed E-state index contributed by atoms with van der Waals surface area (Å²) in [7, 11) is 1.84. The molecule has 3 aromatic rings. The number of amides is 3. The number of nitrogens with one attached hydrogen (secondary N) is 2. The number of fused-ring (bicyclic) bond motifs is 1. The molecule has 232 valence electrons. The highest BCUT2D eigenvalue weighted by molar-refractivity contribution is 6.03. The molecular weight excluding hydrogens is 567 g/mol. The maximum absolute atomic E-state index is 13.7. The summed E-state index contributed by atoms with van der Waals surface area (Å²) < 4.78 is 50.3. The van der Waals surface area contributed by atoms with Crippen molar-refractivity contribution in [2.45, 2.75) is 52.6 Å². The van der Waals surface area contributed by atoms with Crippen molar-refractivity contribution in [2.24, 2.45) is 5.92 Å². The summed E-state index contributed by atoms with van der Waals surface area (Å²) in [4.78, 5) is 29.9. The molecule has 1 aliphatic rings. The summed E-state index contributed by atoms with van der Waals surface area (Å²) in [6.07, 6.45) is -4.80. The lowest BCUT2D eigenvalue weighted by molar-refractivity contribution is -0.137. The Balaban J connectivity index is 1.54. The topological polar surface area (TPSA) is 120 Å². The van der Waals surface area contributed by atoms with E-state index in [1.807, 2.05) is 18.9 Å². The monoisotopic (exact) mass is 603 g/mol. The van der Waals surface area contributed by atoms with Crippen LogP contribution in [0.5, 0.6) is 5.75 Å². The van der Waals surface area contributed by atoms with E-state index in [0.717, 1.165) is 12.1 Å². The van der Waals surface area contributed by atoms with E-state index in [1.54, 1.807) is 37.8 Å². The van der Waals surface area contributed by atoms with E-state index < -0.39 is 29.9 Å². The zero-order valence-corrected chi connectivity index (χ0v) is 24.7. The molecule has 0 radical (unpaired) electrons. The molecule has 0 saturated carbocycles. The van der Waals surface area contributed by atoms with Gasteiger partial charge in [-0.25, -0.2) is 4.79 Å². The van der Waals surface area contributed by atoms with E-state index in [-0.39, 0.29) is 24.0 Å². The highest BCUT2D eigenvalue weighted by atomic mass is 19.4. The van der Waals surface area contributed by atoms with Gasteiger partial charge in [-0.05, 0) is 63.7 Å². The first-order valence-electron chi connectivity index (χ1n) is 13.8. The number of aryl methyl sites for hydroxylation is 2. The van der Waals surface area contributed by atoms with Crippen LogP contribution in [0.15, 0.2) is 47.0 Å². The molecule has 3 N–H and O–H groups in total. The highest BCUT2D eigenvalue weighted by Gasteiger charge is 2.34. The van der Waals surface area contributed by atoms with Crippen molar-refractivity contribution in [3.63, 3.8) is 0 Å². The molecule has 0 spiro atoms. The summed E-state index contributed by atoms with van der Waals surface area (Å²) in [5.74, 6) is 0.261. The molecule has 1 aliphatic heterocycles. The maximum Gasteiger partial charge on any atom is 0.416 e. The molecule has 0 bridgehead atoms. The molecule has 10 nitrogen and oxygen atoms in total. The van der Waals surface area contributed by atoms with E-state index in [4.69, 9.17) is 9.26 Å². The van der Waals surface area contributed by atoms with Gasteiger partial charge in [-0.3, -0.25) is 9.69 Å². The Hall–Kier alpha value is -4.10. The number of alkyl halides is 3. The van der Waals surface area contributed by atoms with Crippen molar-refractivity contribution < 1.29 is 37.1 Å². The number of carbonyl (C=O) groups excluding carboxylic acids is 2. The Morgan fingerprint density at radius 3 is 2.49 bits per heavy atom. The van der Waals surface area contributed by atoms with Crippen LogP contribution in [0.4, 0.5) is 29.3 Å². The number of aliphatic hydroxyl groups excluding tert-OH is 1. The van der Waals surface area contributed by atoms with Gasteiger partial charge >= 0.3 is 12.2 Å². The van der Waals surface area contributed by atoms with Crippen LogP contribution in [0.25, 0.3) is 0 Å². The van der Waals surface area contributed by atoms with E-state index in [0.29, 0.717) is 53.8 Å². The Morgan fingerprint density at radius 2 is 1.88 bits per heavy atom. The fraction of sp³-hybridized carbons (Fsp3) is 0.433. The Morgan fingerprint density at radius 1 is 1.19 bits per heavy atom. The fourth-order valence-electron chi connectivity index (χ4n) is 4.94. The second-order valence-corrected chi connectivity index (χ2v) is 11.0. The average Bonchev–Trinajstić information content (AvgIpc) is 3.26. The molecule has 43 heavy (non-hydrogen) atoms. The van der Waals surface area contributed by atoms with Gasteiger partial charge < -0.3 is 29.9 Å². The minimum absolute atomic E-state index is 0.153. The molecule has 3 atom stereocenters. The van der Waals surface area contributed by atoms with Crippen molar-refractivity contribution in [3.05, 3.63) is 70.6 Å². The molecule has 0 aliphatic carbocycles. The lowest BCUT2D eigenvalue weighted by atomic mass is 9.99. The van der Waals surface area contributed by atoms with Crippen LogP contribution in [-0.2, 0) is 12.7 Å². The van der Waals surface area contributed by atoms with Crippen LogP contribution in [0.2, 0.25) is 0 Å². The van der Waals surface area contributed by atoms with E-state index >= 15 is 0 Å². The fourth-order valence-corrected chi connectivity index (χ4v) is 4.94. The number of benzene rings is 2. The van der Waals surface area contributed by atoms with Crippen molar-refractivity contribution >= 4 is 23.3 Å². The van der Waals surface area contributed by atoms with Crippen LogP contribution < -0.4 is 15.4 Å². The summed E-state index contributed by atoms with van der Waals surface area (Å²) in [6.45, 7) is 7.91. The standard InChI is InChI=1S/C30H36F3N5O5/c1-17-13-38(18(2)16-39)28(40)24-12-23(34-29(41)35-27-19(3)36-43-20(27)4)10-11-25(24)42-26(17)15-37(5)14-21-6-8-22(9-7-21)30(31,32)33/h6-12,17-18,26,39H,13-16H2,1-5H3,(H2,34,35,41)/t17-,18+,26+/m1/s1. The van der Waals surface area contributed by atoms with Gasteiger partial charge in [-0.15, -0.1) is 0 Å². The lowest BCUT2D eigenvalue weighted by Crippen LogP contribution is -2.49. The minimum Gasteiger partial charge on any atom is -0.488 e. The molecule has 0 saturated heterocycles. The zero-order valence-electron chi connectivity index (χ0n) is 24.7. The van der Waals surface area contributed by atoms with Crippen molar-refractivity contribution in [1.29, 1.82) is 0 Å². The van der Waals surface area contributed by atoms with Crippen LogP contribution in [0.3, 0.4) is 0 Å². The number of likely N-dealkylation sites (N-methyl/N-ethyl adjacent to an activating group) is 1. The zero-order chi connectivity index (χ0) is 31.5. The Labute approximate surface area is 247 Å². The first kappa shape index (κ1) is 31.8. The molecule has 2 heterocycles. The molecule has 1 aromatic heterocycles. The third kappa shape index (κ3) is 7.65. The number of hydrogen-bond donors (Lipinski definition) is 3. The number of nitrogens with zero attached hydrogens (tertiary/aromatic N) is 3. The van der Waals surface area contributed by atoms with Gasteiger partial charge in [0.15, 0.2) is 5.76 Å². The normalized spacial score (nSPS) is 18.0. The summed E-state index contributed by atoms with van der Waals surface area (Å²) in [5.41, 5.74) is 1.55.